The average molecular weight is 399 g/mol. The molecule has 0 bridgehead atoms. The van der Waals surface area contributed by atoms with Gasteiger partial charge in [-0.3, -0.25) is 13.8 Å². The molecule has 1 aromatic rings. The molecular formula is C18H19ClO6S. The molecule has 0 aromatic heterocycles. The molecule has 8 heteroatoms. The number of hydrogen-bond acceptors (Lipinski definition) is 6. The number of ether oxygens (including phenoxy) is 3. The van der Waals surface area contributed by atoms with Crippen LogP contribution in [-0.2, 0) is 15.6 Å². The summed E-state index contributed by atoms with van der Waals surface area (Å²) in [4.78, 5) is 25.8. The lowest BCUT2D eigenvalue weighted by Gasteiger charge is -2.38. The van der Waals surface area contributed by atoms with Crippen LogP contribution in [0.5, 0.6) is 17.2 Å². The van der Waals surface area contributed by atoms with Crippen LogP contribution in [0.2, 0.25) is 5.02 Å². The first-order valence-corrected chi connectivity index (χ1v) is 10.0. The number of allylic oxidation sites excluding steroid dienone is 1. The second-order valence-electron chi connectivity index (χ2n) is 6.20. The fourth-order valence-electron chi connectivity index (χ4n) is 3.66. The van der Waals surface area contributed by atoms with Gasteiger partial charge in [-0.05, 0) is 12.5 Å². The molecule has 0 N–H and O–H groups in total. The second kappa shape index (κ2) is 6.70. The molecule has 0 fully saturated rings. The van der Waals surface area contributed by atoms with Crippen LogP contribution in [-0.4, -0.2) is 41.9 Å². The van der Waals surface area contributed by atoms with Crippen molar-refractivity contribution in [3.63, 3.8) is 0 Å². The van der Waals surface area contributed by atoms with Crippen LogP contribution < -0.4 is 14.2 Å². The highest BCUT2D eigenvalue weighted by Crippen LogP contribution is 2.55. The van der Waals surface area contributed by atoms with E-state index in [9.17, 15) is 13.8 Å². The lowest BCUT2D eigenvalue weighted by Crippen LogP contribution is -2.52. The van der Waals surface area contributed by atoms with Crippen LogP contribution >= 0.6 is 11.6 Å². The quantitative estimate of drug-likeness (QED) is 0.775. The summed E-state index contributed by atoms with van der Waals surface area (Å²) in [5, 5.41) is 0.140. The minimum atomic E-state index is -1.58. The van der Waals surface area contributed by atoms with Gasteiger partial charge in [0.25, 0.3) is 0 Å². The molecule has 3 rings (SSSR count). The molecule has 1 aliphatic heterocycles. The van der Waals surface area contributed by atoms with Crippen molar-refractivity contribution in [1.29, 1.82) is 0 Å². The summed E-state index contributed by atoms with van der Waals surface area (Å²) in [5.74, 6) is -0.320. The molecule has 2 aliphatic rings. The number of methoxy groups -OCH3 is 2. The summed E-state index contributed by atoms with van der Waals surface area (Å²) in [5.41, 5.74) is -1.34. The third-order valence-electron chi connectivity index (χ3n) is 4.90. The van der Waals surface area contributed by atoms with Crippen molar-refractivity contribution in [2.45, 2.75) is 25.4 Å². The predicted octanol–water partition coefficient (Wildman–Crippen LogP) is 2.93. The van der Waals surface area contributed by atoms with Crippen molar-refractivity contribution in [3.8, 4) is 17.2 Å². The van der Waals surface area contributed by atoms with Crippen molar-refractivity contribution in [2.75, 3.05) is 20.5 Å². The largest absolute Gasteiger partial charge is 0.496 e. The Morgan fingerprint density at radius 1 is 1.31 bits per heavy atom. The van der Waals surface area contributed by atoms with Crippen molar-refractivity contribution < 1.29 is 28.0 Å². The molecule has 1 heterocycles. The Balaban J connectivity index is 2.31. The predicted molar refractivity (Wildman–Crippen MR) is 97.8 cm³/mol. The molecule has 26 heavy (non-hydrogen) atoms. The molecule has 0 saturated heterocycles. The first-order valence-electron chi connectivity index (χ1n) is 8.08. The van der Waals surface area contributed by atoms with Gasteiger partial charge in [-0.1, -0.05) is 18.5 Å². The summed E-state index contributed by atoms with van der Waals surface area (Å²) in [6, 6.07) is 1.52. The Morgan fingerprint density at radius 3 is 2.50 bits per heavy atom. The van der Waals surface area contributed by atoms with Gasteiger partial charge >= 0.3 is 0 Å². The first kappa shape index (κ1) is 18.9. The van der Waals surface area contributed by atoms with E-state index in [4.69, 9.17) is 25.8 Å². The Bertz CT molecular complexity index is 862. The maximum atomic E-state index is 13.5. The standard InChI is InChI=1S/C18H19ClO6S/c1-5-9-6-10(20)7-13(26(4)22)18(9)17(21)14-11(23-2)8-12(24-3)15(19)16(14)25-18/h7-9H,5-6H2,1-4H3/t9-,18+,26?/m1/s1. The van der Waals surface area contributed by atoms with E-state index in [1.54, 1.807) is 0 Å². The molecular weight excluding hydrogens is 380 g/mol. The molecule has 140 valence electrons. The molecule has 1 aliphatic carbocycles. The van der Waals surface area contributed by atoms with Gasteiger partial charge in [0.05, 0.1) is 29.9 Å². The highest BCUT2D eigenvalue weighted by molar-refractivity contribution is 7.88. The number of halogens is 1. The van der Waals surface area contributed by atoms with Gasteiger partial charge in [-0.2, -0.15) is 0 Å². The van der Waals surface area contributed by atoms with Gasteiger partial charge in [0, 0.05) is 24.7 Å². The SMILES string of the molecule is CC[C@@H]1CC(=O)C=C(S(C)=O)[C@@]12Oc1c(Cl)c(OC)cc(OC)c1C2=O. The zero-order valence-electron chi connectivity index (χ0n) is 14.9. The Morgan fingerprint density at radius 2 is 1.96 bits per heavy atom. The molecule has 3 atom stereocenters. The van der Waals surface area contributed by atoms with Crippen LogP contribution in [0, 0.1) is 5.92 Å². The van der Waals surface area contributed by atoms with Gasteiger partial charge in [-0.25, -0.2) is 0 Å². The van der Waals surface area contributed by atoms with Crippen molar-refractivity contribution in [2.24, 2.45) is 5.92 Å². The van der Waals surface area contributed by atoms with E-state index in [0.29, 0.717) is 12.2 Å². The minimum Gasteiger partial charge on any atom is -0.496 e. The smallest absolute Gasteiger partial charge is 0.219 e. The third-order valence-corrected chi connectivity index (χ3v) is 6.30. The minimum absolute atomic E-state index is 0.133. The fraction of sp³-hybridized carbons (Fsp3) is 0.444. The summed E-state index contributed by atoms with van der Waals surface area (Å²) in [7, 11) is 1.30. The highest BCUT2D eigenvalue weighted by atomic mass is 35.5. The molecule has 1 unspecified atom stereocenters. The number of carbonyl (C=O) groups is 2. The van der Waals surface area contributed by atoms with E-state index in [0.717, 1.165) is 0 Å². The van der Waals surface area contributed by atoms with E-state index in [-0.39, 0.29) is 39.2 Å². The first-order chi connectivity index (χ1) is 12.3. The lowest BCUT2D eigenvalue weighted by molar-refractivity contribution is -0.117. The number of carbonyl (C=O) groups excluding carboxylic acids is 2. The van der Waals surface area contributed by atoms with E-state index in [1.165, 1.54) is 32.6 Å². The van der Waals surface area contributed by atoms with Crippen LogP contribution in [0.25, 0.3) is 0 Å². The molecule has 6 nitrogen and oxygen atoms in total. The maximum absolute atomic E-state index is 13.5. The van der Waals surface area contributed by atoms with Crippen LogP contribution in [0.15, 0.2) is 17.0 Å². The zero-order chi connectivity index (χ0) is 19.2. The molecule has 1 aromatic carbocycles. The number of benzene rings is 1. The monoisotopic (exact) mass is 398 g/mol. The van der Waals surface area contributed by atoms with Gasteiger partial charge in [0.2, 0.25) is 11.4 Å². The van der Waals surface area contributed by atoms with Crippen LogP contribution in [0.1, 0.15) is 30.1 Å². The number of rotatable bonds is 4. The average Bonchev–Trinajstić information content (AvgIpc) is 2.92. The normalized spacial score (nSPS) is 25.6. The number of ketones is 2. The second-order valence-corrected chi connectivity index (χ2v) is 7.93. The lowest BCUT2D eigenvalue weighted by atomic mass is 9.74. The summed E-state index contributed by atoms with van der Waals surface area (Å²) >= 11 is 6.38. The molecule has 0 amide bonds. The zero-order valence-corrected chi connectivity index (χ0v) is 16.5. The fourth-order valence-corrected chi connectivity index (χ4v) is 4.95. The topological polar surface area (TPSA) is 78.9 Å². The van der Waals surface area contributed by atoms with Gasteiger partial charge < -0.3 is 14.2 Å². The number of fused-ring (bicyclic) bond motifs is 1. The van der Waals surface area contributed by atoms with Crippen LogP contribution in [0.4, 0.5) is 0 Å². The summed E-state index contributed by atoms with van der Waals surface area (Å²) < 4.78 is 29.1. The van der Waals surface area contributed by atoms with Crippen molar-refractivity contribution in [3.05, 3.63) is 27.6 Å². The number of Topliss-reactive ketones (excluding diaryl/α,β-unsaturated/α-hetero) is 1. The molecule has 1 spiro atoms. The van der Waals surface area contributed by atoms with Crippen LogP contribution in [0.3, 0.4) is 0 Å². The van der Waals surface area contributed by atoms with E-state index in [1.807, 2.05) is 6.92 Å². The van der Waals surface area contributed by atoms with E-state index >= 15 is 0 Å². The highest BCUT2D eigenvalue weighted by Gasteiger charge is 2.60. The Kier molecular flexibility index (Phi) is 4.88. The van der Waals surface area contributed by atoms with Gasteiger partial charge in [-0.15, -0.1) is 0 Å². The van der Waals surface area contributed by atoms with E-state index < -0.39 is 28.1 Å². The molecule has 0 radical (unpaired) electrons. The van der Waals surface area contributed by atoms with Crippen molar-refractivity contribution >= 4 is 34.0 Å². The Hall–Kier alpha value is -1.86. The van der Waals surface area contributed by atoms with Gasteiger partial charge in [0.1, 0.15) is 22.1 Å². The maximum Gasteiger partial charge on any atom is 0.219 e. The Labute approximate surface area is 158 Å². The molecule has 0 saturated carbocycles. The van der Waals surface area contributed by atoms with Gasteiger partial charge in [0.15, 0.2) is 11.5 Å². The third kappa shape index (κ3) is 2.48. The van der Waals surface area contributed by atoms with E-state index in [2.05, 4.69) is 0 Å². The summed E-state index contributed by atoms with van der Waals surface area (Å²) in [6.45, 7) is 1.86. The number of hydrogen-bond donors (Lipinski definition) is 0. The summed E-state index contributed by atoms with van der Waals surface area (Å²) in [6.07, 6.45) is 3.33. The van der Waals surface area contributed by atoms with Crippen molar-refractivity contribution in [1.82, 2.24) is 0 Å².